The van der Waals surface area contributed by atoms with Crippen molar-refractivity contribution in [3.63, 3.8) is 0 Å². The second kappa shape index (κ2) is 3.11. The van der Waals surface area contributed by atoms with Crippen LogP contribution in [0.5, 0.6) is 0 Å². The molecule has 0 N–H and O–H groups in total. The molecule has 1 aliphatic rings. The first-order valence-electron chi connectivity index (χ1n) is 3.73. The minimum atomic E-state index is 0.833. The van der Waals surface area contributed by atoms with Crippen LogP contribution < -0.4 is 0 Å². The normalized spacial score (nSPS) is 15.3. The first kappa shape index (κ1) is 8.14. The van der Waals surface area contributed by atoms with Gasteiger partial charge in [0.2, 0.25) is 0 Å². The van der Waals surface area contributed by atoms with Crippen LogP contribution in [-0.4, -0.2) is 10.7 Å². The summed E-state index contributed by atoms with van der Waals surface area (Å²) in [4.78, 5) is 4.31. The molecule has 1 nitrogen and oxygen atoms in total. The average Bonchev–Trinajstić information content (AvgIpc) is 2.07. The zero-order chi connectivity index (χ0) is 8.55. The van der Waals surface area contributed by atoms with Crippen molar-refractivity contribution in [3.05, 3.63) is 29.5 Å². The second-order valence-electron chi connectivity index (χ2n) is 2.73. The fraction of sp³-hybridized carbons (Fsp3) is 0.222. The highest BCUT2D eigenvalue weighted by molar-refractivity contribution is 7.99. The molecule has 0 saturated carbocycles. The van der Waals surface area contributed by atoms with Crippen LogP contribution >= 0.6 is 23.4 Å². The first-order chi connectivity index (χ1) is 5.77. The van der Waals surface area contributed by atoms with Gasteiger partial charge in [0, 0.05) is 22.5 Å². The molecule has 1 aromatic heterocycles. The van der Waals surface area contributed by atoms with Crippen molar-refractivity contribution in [2.75, 3.05) is 5.75 Å². The van der Waals surface area contributed by atoms with E-state index in [1.165, 1.54) is 0 Å². The number of fused-ring (bicyclic) bond motifs is 1. The van der Waals surface area contributed by atoms with Crippen molar-refractivity contribution < 1.29 is 0 Å². The van der Waals surface area contributed by atoms with Gasteiger partial charge in [-0.3, -0.25) is 0 Å². The van der Waals surface area contributed by atoms with Gasteiger partial charge in [-0.05, 0) is 18.6 Å². The third-order valence-electron chi connectivity index (χ3n) is 1.73. The zero-order valence-electron chi connectivity index (χ0n) is 6.67. The molecule has 0 aromatic carbocycles. The number of aromatic nitrogens is 1. The maximum absolute atomic E-state index is 6.03. The van der Waals surface area contributed by atoms with Gasteiger partial charge < -0.3 is 0 Å². The molecule has 2 heterocycles. The van der Waals surface area contributed by atoms with Gasteiger partial charge in [-0.15, -0.1) is 11.8 Å². The first-order valence-corrected chi connectivity index (χ1v) is 5.09. The van der Waals surface area contributed by atoms with Crippen LogP contribution in [0.15, 0.2) is 23.4 Å². The predicted molar refractivity (Wildman–Crippen MR) is 53.5 cm³/mol. The number of hydrogen-bond acceptors (Lipinski definition) is 2. The Balaban J connectivity index is 2.58. The van der Waals surface area contributed by atoms with Crippen molar-refractivity contribution in [2.24, 2.45) is 0 Å². The van der Waals surface area contributed by atoms with Gasteiger partial charge in [0.25, 0.3) is 0 Å². The number of pyridine rings is 1. The van der Waals surface area contributed by atoms with Crippen LogP contribution in [0.25, 0.3) is 5.03 Å². The van der Waals surface area contributed by atoms with Gasteiger partial charge in [-0.1, -0.05) is 17.7 Å². The molecule has 62 valence electrons. The fourth-order valence-corrected chi connectivity index (χ4v) is 2.37. The smallest absolute Gasteiger partial charge is 0.105 e. The lowest BCUT2D eigenvalue weighted by molar-refractivity contribution is 1.09. The van der Waals surface area contributed by atoms with Crippen molar-refractivity contribution in [2.45, 2.75) is 11.9 Å². The number of halogens is 1. The van der Waals surface area contributed by atoms with Gasteiger partial charge in [-0.2, -0.15) is 0 Å². The minimum Gasteiger partial charge on any atom is -0.249 e. The fourth-order valence-electron chi connectivity index (χ4n) is 1.15. The molecule has 0 amide bonds. The summed E-state index contributed by atoms with van der Waals surface area (Å²) in [6.07, 6.45) is 3.90. The van der Waals surface area contributed by atoms with Crippen molar-refractivity contribution in [1.82, 2.24) is 4.98 Å². The third-order valence-corrected chi connectivity index (χ3v) is 3.02. The molecule has 0 saturated heterocycles. The maximum atomic E-state index is 6.03. The van der Waals surface area contributed by atoms with Gasteiger partial charge in [0.05, 0.1) is 0 Å². The highest BCUT2D eigenvalue weighted by Crippen LogP contribution is 2.33. The molecule has 0 spiro atoms. The van der Waals surface area contributed by atoms with E-state index in [1.54, 1.807) is 11.8 Å². The molecular formula is C9H8ClNS. The largest absolute Gasteiger partial charge is 0.249 e. The summed E-state index contributed by atoms with van der Waals surface area (Å²) in [5.41, 5.74) is 2.23. The topological polar surface area (TPSA) is 12.9 Å². The van der Waals surface area contributed by atoms with Gasteiger partial charge in [0.1, 0.15) is 5.03 Å². The van der Waals surface area contributed by atoms with Crippen molar-refractivity contribution >= 4 is 28.4 Å². The highest BCUT2D eigenvalue weighted by Gasteiger charge is 2.11. The number of thioether (sulfide) groups is 1. The van der Waals surface area contributed by atoms with E-state index in [0.29, 0.717) is 0 Å². The Kier molecular flexibility index (Phi) is 2.11. The Bertz CT molecular complexity index is 346. The quantitative estimate of drug-likeness (QED) is 0.634. The minimum absolute atomic E-state index is 0.833. The summed E-state index contributed by atoms with van der Waals surface area (Å²) in [6, 6.07) is 2.08. The van der Waals surface area contributed by atoms with Gasteiger partial charge in [-0.25, -0.2) is 4.98 Å². The van der Waals surface area contributed by atoms with Gasteiger partial charge in [0.15, 0.2) is 0 Å². The number of hydrogen-bond donors (Lipinski definition) is 0. The average molecular weight is 198 g/mol. The molecule has 12 heavy (non-hydrogen) atoms. The molecule has 2 rings (SSSR count). The van der Waals surface area contributed by atoms with Crippen molar-refractivity contribution in [1.29, 1.82) is 0 Å². The van der Waals surface area contributed by atoms with E-state index in [4.69, 9.17) is 11.6 Å². The van der Waals surface area contributed by atoms with Crippen LogP contribution in [0.3, 0.4) is 0 Å². The van der Waals surface area contributed by atoms with Crippen LogP contribution in [0.1, 0.15) is 11.1 Å². The SMILES string of the molecule is Cc1cnc2c(c1)C(Cl)=CCS2. The lowest BCUT2D eigenvalue weighted by atomic mass is 10.2. The highest BCUT2D eigenvalue weighted by atomic mass is 35.5. The summed E-state index contributed by atoms with van der Waals surface area (Å²) in [5, 5.41) is 1.88. The van der Waals surface area contributed by atoms with Crippen LogP contribution in [0.4, 0.5) is 0 Å². The summed E-state index contributed by atoms with van der Waals surface area (Å²) >= 11 is 7.76. The second-order valence-corrected chi connectivity index (χ2v) is 4.14. The van der Waals surface area contributed by atoms with Gasteiger partial charge >= 0.3 is 0 Å². The van der Waals surface area contributed by atoms with E-state index in [0.717, 1.165) is 26.9 Å². The summed E-state index contributed by atoms with van der Waals surface area (Å²) in [7, 11) is 0. The standard InChI is InChI=1S/C9H8ClNS/c1-6-4-7-8(10)2-3-12-9(7)11-5-6/h2,4-5H,3H2,1H3. The summed E-state index contributed by atoms with van der Waals surface area (Å²) in [6.45, 7) is 2.02. The number of aryl methyl sites for hydroxylation is 1. The Hall–Kier alpha value is -0.470. The van der Waals surface area contributed by atoms with E-state index >= 15 is 0 Å². The molecule has 0 atom stereocenters. The molecule has 0 unspecified atom stereocenters. The molecule has 3 heteroatoms. The van der Waals surface area contributed by atoms with E-state index in [9.17, 15) is 0 Å². The summed E-state index contributed by atoms with van der Waals surface area (Å²) in [5.74, 6) is 0.932. The number of rotatable bonds is 0. The van der Waals surface area contributed by atoms with E-state index in [1.807, 2.05) is 19.2 Å². The molecule has 0 fully saturated rings. The lowest BCUT2D eigenvalue weighted by Crippen LogP contribution is -1.94. The van der Waals surface area contributed by atoms with E-state index < -0.39 is 0 Å². The Morgan fingerprint density at radius 1 is 1.58 bits per heavy atom. The molecule has 1 aromatic rings. The monoisotopic (exact) mass is 197 g/mol. The molecule has 0 radical (unpaired) electrons. The molecule has 0 bridgehead atoms. The zero-order valence-corrected chi connectivity index (χ0v) is 8.25. The number of nitrogens with zero attached hydrogens (tertiary/aromatic N) is 1. The Morgan fingerprint density at radius 2 is 2.42 bits per heavy atom. The lowest BCUT2D eigenvalue weighted by Gasteiger charge is -2.11. The van der Waals surface area contributed by atoms with Crippen LogP contribution in [0.2, 0.25) is 0 Å². The van der Waals surface area contributed by atoms with Crippen molar-refractivity contribution in [3.8, 4) is 0 Å². The summed E-state index contributed by atoms with van der Waals surface area (Å²) < 4.78 is 0. The molecule has 1 aliphatic heterocycles. The maximum Gasteiger partial charge on any atom is 0.105 e. The third kappa shape index (κ3) is 1.37. The molecule has 0 aliphatic carbocycles. The van der Waals surface area contributed by atoms with E-state index in [2.05, 4.69) is 11.1 Å². The Morgan fingerprint density at radius 3 is 3.25 bits per heavy atom. The van der Waals surface area contributed by atoms with E-state index in [-0.39, 0.29) is 0 Å². The van der Waals surface area contributed by atoms with Crippen LogP contribution in [-0.2, 0) is 0 Å². The van der Waals surface area contributed by atoms with Crippen LogP contribution in [0, 0.1) is 6.92 Å². The molecular weight excluding hydrogens is 190 g/mol. The Labute approximate surface area is 80.8 Å². The predicted octanol–water partition coefficient (Wildman–Crippen LogP) is 3.08.